The van der Waals surface area contributed by atoms with Crippen molar-refractivity contribution < 1.29 is 18.0 Å². The smallest absolute Gasteiger partial charge is 0.381 e. The summed E-state index contributed by atoms with van der Waals surface area (Å²) in [6, 6.07) is 0.837. The van der Waals surface area contributed by atoms with Gasteiger partial charge < -0.3 is 23.7 Å². The lowest BCUT2D eigenvalue weighted by molar-refractivity contribution is 0.0547. The second-order valence-electron chi connectivity index (χ2n) is 5.44. The Labute approximate surface area is 138 Å². The van der Waals surface area contributed by atoms with Crippen LogP contribution in [0.25, 0.3) is 0 Å². The Kier molecular flexibility index (Phi) is 15.9. The molecule has 2 N–H and O–H groups in total. The van der Waals surface area contributed by atoms with E-state index in [1.54, 1.807) is 0 Å². The maximum atomic E-state index is 6.05. The summed E-state index contributed by atoms with van der Waals surface area (Å²) in [4.78, 5) is 0. The van der Waals surface area contributed by atoms with Crippen LogP contribution in [0.3, 0.4) is 0 Å². The minimum atomic E-state index is -2.53. The highest BCUT2D eigenvalue weighted by atomic mass is 28.4. The third kappa shape index (κ3) is 11.6. The Balaban J connectivity index is 4.21. The van der Waals surface area contributed by atoms with Crippen LogP contribution in [0.5, 0.6) is 0 Å². The van der Waals surface area contributed by atoms with E-state index in [0.29, 0.717) is 19.8 Å². The van der Waals surface area contributed by atoms with Crippen molar-refractivity contribution in [2.45, 2.75) is 65.3 Å². The van der Waals surface area contributed by atoms with Crippen LogP contribution in [-0.2, 0) is 18.0 Å². The molecule has 0 spiro atoms. The van der Waals surface area contributed by atoms with Gasteiger partial charge in [0.15, 0.2) is 0 Å². The van der Waals surface area contributed by atoms with Crippen LogP contribution in [0, 0.1) is 0 Å². The molecule has 0 unspecified atom stereocenters. The van der Waals surface area contributed by atoms with Crippen LogP contribution >= 0.6 is 0 Å². The van der Waals surface area contributed by atoms with Gasteiger partial charge in [-0.25, -0.2) is 0 Å². The first-order chi connectivity index (χ1) is 10.7. The van der Waals surface area contributed by atoms with E-state index >= 15 is 0 Å². The van der Waals surface area contributed by atoms with E-state index in [1.165, 1.54) is 0 Å². The van der Waals surface area contributed by atoms with Crippen molar-refractivity contribution in [3.8, 4) is 0 Å². The standard InChI is InChI=1S/C16H37NO4Si/c1-4-11-19-22(20-12-5-2,21-13-6-3)16-9-15-18-14-8-7-10-17/h4-17H2,1-3H3. The summed E-state index contributed by atoms with van der Waals surface area (Å²) in [5.41, 5.74) is 5.47. The lowest BCUT2D eigenvalue weighted by Crippen LogP contribution is -2.46. The van der Waals surface area contributed by atoms with Gasteiger partial charge in [-0.3, -0.25) is 0 Å². The van der Waals surface area contributed by atoms with Crippen molar-refractivity contribution in [1.29, 1.82) is 0 Å². The Morgan fingerprint density at radius 1 is 0.682 bits per heavy atom. The van der Waals surface area contributed by atoms with E-state index in [9.17, 15) is 0 Å². The molecule has 0 rings (SSSR count). The number of hydrogen-bond acceptors (Lipinski definition) is 5. The second-order valence-corrected chi connectivity index (χ2v) is 8.17. The Bertz CT molecular complexity index is 210. The first-order valence-electron chi connectivity index (χ1n) is 8.94. The molecule has 0 aliphatic carbocycles. The van der Waals surface area contributed by atoms with Crippen molar-refractivity contribution in [1.82, 2.24) is 0 Å². The molecule has 0 aromatic carbocycles. The molecule has 0 aliphatic heterocycles. The van der Waals surface area contributed by atoms with Crippen LogP contribution in [0.4, 0.5) is 0 Å². The van der Waals surface area contributed by atoms with Gasteiger partial charge >= 0.3 is 8.80 Å². The van der Waals surface area contributed by atoms with Gasteiger partial charge in [-0.15, -0.1) is 0 Å². The maximum absolute atomic E-state index is 6.05. The maximum Gasteiger partial charge on any atom is 0.501 e. The number of rotatable bonds is 17. The van der Waals surface area contributed by atoms with Crippen LogP contribution in [0.2, 0.25) is 6.04 Å². The van der Waals surface area contributed by atoms with Crippen molar-refractivity contribution in [3.05, 3.63) is 0 Å². The third-order valence-electron chi connectivity index (χ3n) is 3.09. The molecule has 22 heavy (non-hydrogen) atoms. The average molecular weight is 336 g/mol. The third-order valence-corrected chi connectivity index (χ3v) is 5.99. The first-order valence-corrected chi connectivity index (χ1v) is 10.9. The summed E-state index contributed by atoms with van der Waals surface area (Å²) >= 11 is 0. The zero-order valence-electron chi connectivity index (χ0n) is 14.9. The predicted molar refractivity (Wildman–Crippen MR) is 93.0 cm³/mol. The molecule has 6 heteroatoms. The highest BCUT2D eigenvalue weighted by molar-refractivity contribution is 6.60. The van der Waals surface area contributed by atoms with Gasteiger partial charge in [0.2, 0.25) is 0 Å². The largest absolute Gasteiger partial charge is 0.501 e. The summed E-state index contributed by atoms with van der Waals surface area (Å²) in [6.07, 6.45) is 5.92. The Morgan fingerprint density at radius 3 is 1.64 bits per heavy atom. The Hall–Kier alpha value is 0.0169. The van der Waals surface area contributed by atoms with Gasteiger partial charge in [-0.05, 0) is 45.1 Å². The quantitative estimate of drug-likeness (QED) is 0.326. The lowest BCUT2D eigenvalue weighted by Gasteiger charge is -2.29. The second kappa shape index (κ2) is 15.9. The fourth-order valence-corrected chi connectivity index (χ4v) is 4.76. The van der Waals surface area contributed by atoms with Crippen molar-refractivity contribution in [2.75, 3.05) is 39.6 Å². The molecule has 0 saturated heterocycles. The fraction of sp³-hybridized carbons (Fsp3) is 1.00. The molecular formula is C16H37NO4Si. The van der Waals surface area contributed by atoms with Gasteiger partial charge in [0.05, 0.1) is 0 Å². The molecule has 134 valence electrons. The van der Waals surface area contributed by atoms with E-state index in [1.807, 2.05) is 0 Å². The van der Waals surface area contributed by atoms with Gasteiger partial charge in [-0.2, -0.15) is 0 Å². The summed E-state index contributed by atoms with van der Waals surface area (Å²) < 4.78 is 23.8. The zero-order valence-corrected chi connectivity index (χ0v) is 15.9. The van der Waals surface area contributed by atoms with E-state index in [-0.39, 0.29) is 0 Å². The molecule has 5 nitrogen and oxygen atoms in total. The van der Waals surface area contributed by atoms with Gasteiger partial charge in [0.25, 0.3) is 0 Å². The molecule has 0 aromatic rings. The first kappa shape index (κ1) is 22.0. The van der Waals surface area contributed by atoms with Crippen LogP contribution in [0.15, 0.2) is 0 Å². The number of unbranched alkanes of at least 4 members (excludes halogenated alkanes) is 1. The lowest BCUT2D eigenvalue weighted by atomic mass is 10.3. The highest BCUT2D eigenvalue weighted by Crippen LogP contribution is 2.19. The van der Waals surface area contributed by atoms with Crippen LogP contribution in [0.1, 0.15) is 59.3 Å². The van der Waals surface area contributed by atoms with Crippen LogP contribution < -0.4 is 5.73 Å². The molecule has 0 aromatic heterocycles. The molecular weight excluding hydrogens is 298 g/mol. The van der Waals surface area contributed by atoms with E-state index in [4.69, 9.17) is 23.7 Å². The molecule has 0 aliphatic rings. The van der Waals surface area contributed by atoms with Crippen LogP contribution in [-0.4, -0.2) is 48.4 Å². The Morgan fingerprint density at radius 2 is 1.18 bits per heavy atom. The van der Waals surface area contributed by atoms with Gasteiger partial charge in [0.1, 0.15) is 0 Å². The summed E-state index contributed by atoms with van der Waals surface area (Å²) in [6.45, 7) is 10.7. The summed E-state index contributed by atoms with van der Waals surface area (Å²) in [7, 11) is -2.53. The number of ether oxygens (including phenoxy) is 1. The van der Waals surface area contributed by atoms with Crippen molar-refractivity contribution in [3.63, 3.8) is 0 Å². The molecule has 0 atom stereocenters. The minimum absolute atomic E-state index is 0.705. The summed E-state index contributed by atoms with van der Waals surface area (Å²) in [5, 5.41) is 0. The average Bonchev–Trinajstić information content (AvgIpc) is 2.55. The predicted octanol–water partition coefficient (Wildman–Crippen LogP) is 3.35. The number of nitrogens with two attached hydrogens (primary N) is 1. The zero-order chi connectivity index (χ0) is 16.5. The van der Waals surface area contributed by atoms with E-state index in [0.717, 1.165) is 64.3 Å². The van der Waals surface area contributed by atoms with Crippen molar-refractivity contribution >= 4 is 8.80 Å². The van der Waals surface area contributed by atoms with Crippen molar-refractivity contribution in [2.24, 2.45) is 5.73 Å². The molecule has 0 bridgehead atoms. The topological polar surface area (TPSA) is 62.9 Å². The molecule has 0 heterocycles. The summed E-state index contributed by atoms with van der Waals surface area (Å²) in [5.74, 6) is 0. The molecule has 0 amide bonds. The van der Waals surface area contributed by atoms with E-state index < -0.39 is 8.80 Å². The minimum Gasteiger partial charge on any atom is -0.381 e. The van der Waals surface area contributed by atoms with Gasteiger partial charge in [0, 0.05) is 39.1 Å². The normalized spacial score (nSPS) is 12.0. The number of hydrogen-bond donors (Lipinski definition) is 1. The molecule has 0 fully saturated rings. The highest BCUT2D eigenvalue weighted by Gasteiger charge is 2.40. The van der Waals surface area contributed by atoms with E-state index in [2.05, 4.69) is 20.8 Å². The molecule has 0 radical (unpaired) electrons. The SMILES string of the molecule is CCCO[Si](CCCOCCCCN)(OCCC)OCCC. The molecule has 0 saturated carbocycles. The van der Waals surface area contributed by atoms with Gasteiger partial charge in [-0.1, -0.05) is 20.8 Å². The monoisotopic (exact) mass is 335 g/mol. The fourth-order valence-electron chi connectivity index (χ4n) is 1.96.